The molecule has 1 aliphatic heterocycles. The third kappa shape index (κ3) is 1.09. The summed E-state index contributed by atoms with van der Waals surface area (Å²) in [7, 11) is 0. The Morgan fingerprint density at radius 3 is 2.64 bits per heavy atom. The first-order valence-corrected chi connectivity index (χ1v) is 4.56. The van der Waals surface area contributed by atoms with Crippen LogP contribution in [0.5, 0.6) is 0 Å². The van der Waals surface area contributed by atoms with Crippen LogP contribution >= 0.6 is 0 Å². The van der Waals surface area contributed by atoms with E-state index in [1.807, 2.05) is 0 Å². The zero-order valence-electron chi connectivity index (χ0n) is 6.88. The molecule has 0 aromatic rings. The van der Waals surface area contributed by atoms with E-state index < -0.39 is 0 Å². The van der Waals surface area contributed by atoms with Crippen molar-refractivity contribution in [2.45, 2.75) is 25.7 Å². The summed E-state index contributed by atoms with van der Waals surface area (Å²) < 4.78 is 5.33. The van der Waals surface area contributed by atoms with Crippen molar-refractivity contribution in [3.05, 3.63) is 0 Å². The Bertz CT molecular complexity index is 129. The van der Waals surface area contributed by atoms with E-state index in [2.05, 4.69) is 0 Å². The third-order valence-corrected chi connectivity index (χ3v) is 3.46. The number of hydrogen-bond donors (Lipinski definition) is 1. The molecule has 1 N–H and O–H groups in total. The van der Waals surface area contributed by atoms with Crippen LogP contribution in [0.2, 0.25) is 0 Å². The lowest BCUT2D eigenvalue weighted by molar-refractivity contribution is -0.0169. The van der Waals surface area contributed by atoms with Gasteiger partial charge in [-0.25, -0.2) is 0 Å². The molecule has 2 heteroatoms. The van der Waals surface area contributed by atoms with Gasteiger partial charge in [-0.15, -0.1) is 0 Å². The minimum atomic E-state index is 0.274. The van der Waals surface area contributed by atoms with E-state index >= 15 is 0 Å². The molecule has 0 bridgehead atoms. The fraction of sp³-hybridized carbons (Fsp3) is 1.00. The van der Waals surface area contributed by atoms with Gasteiger partial charge < -0.3 is 9.84 Å². The number of aliphatic hydroxyl groups excluding tert-OH is 1. The first-order valence-electron chi connectivity index (χ1n) is 4.56. The van der Waals surface area contributed by atoms with Crippen molar-refractivity contribution < 1.29 is 9.84 Å². The molecule has 0 amide bonds. The topological polar surface area (TPSA) is 29.5 Å². The molecule has 0 aromatic carbocycles. The van der Waals surface area contributed by atoms with Crippen molar-refractivity contribution in [2.75, 3.05) is 19.8 Å². The van der Waals surface area contributed by atoms with Crippen LogP contribution in [0.25, 0.3) is 0 Å². The lowest BCUT2D eigenvalue weighted by atomic mass is 9.61. The van der Waals surface area contributed by atoms with E-state index in [-0.39, 0.29) is 5.41 Å². The Balaban J connectivity index is 1.99. The number of hydrogen-bond acceptors (Lipinski definition) is 2. The fourth-order valence-corrected chi connectivity index (χ4v) is 2.34. The Morgan fingerprint density at radius 2 is 2.27 bits per heavy atom. The summed E-state index contributed by atoms with van der Waals surface area (Å²) >= 11 is 0. The normalized spacial score (nSPS) is 35.2. The predicted molar refractivity (Wildman–Crippen MR) is 42.3 cm³/mol. The molecule has 1 unspecified atom stereocenters. The molecule has 1 saturated carbocycles. The fourth-order valence-electron chi connectivity index (χ4n) is 2.34. The van der Waals surface area contributed by atoms with Gasteiger partial charge in [-0.2, -0.15) is 0 Å². The summed E-state index contributed by atoms with van der Waals surface area (Å²) in [5, 5.41) is 9.24. The molecule has 11 heavy (non-hydrogen) atoms. The van der Waals surface area contributed by atoms with E-state index in [1.54, 1.807) is 0 Å². The Labute approximate surface area is 67.6 Å². The van der Waals surface area contributed by atoms with E-state index in [4.69, 9.17) is 4.74 Å². The van der Waals surface area contributed by atoms with Crippen LogP contribution in [-0.2, 0) is 4.74 Å². The van der Waals surface area contributed by atoms with Crippen molar-refractivity contribution in [2.24, 2.45) is 11.3 Å². The van der Waals surface area contributed by atoms with Gasteiger partial charge in [-0.05, 0) is 30.6 Å². The van der Waals surface area contributed by atoms with E-state index in [0.29, 0.717) is 12.5 Å². The average Bonchev–Trinajstić information content (AvgIpc) is 2.39. The second kappa shape index (κ2) is 2.76. The van der Waals surface area contributed by atoms with E-state index in [9.17, 15) is 5.11 Å². The number of aliphatic hydroxyl groups is 1. The highest BCUT2D eigenvalue weighted by molar-refractivity contribution is 4.94. The van der Waals surface area contributed by atoms with Crippen molar-refractivity contribution >= 4 is 0 Å². The van der Waals surface area contributed by atoms with Crippen molar-refractivity contribution in [1.82, 2.24) is 0 Å². The van der Waals surface area contributed by atoms with Crippen LogP contribution in [0, 0.1) is 11.3 Å². The van der Waals surface area contributed by atoms with Crippen molar-refractivity contribution in [3.63, 3.8) is 0 Å². The van der Waals surface area contributed by atoms with Crippen LogP contribution in [0.15, 0.2) is 0 Å². The average molecular weight is 156 g/mol. The molecule has 0 spiro atoms. The molecular formula is C9H16O2. The summed E-state index contributed by atoms with van der Waals surface area (Å²) in [6, 6.07) is 0. The second-order valence-electron chi connectivity index (χ2n) is 3.93. The first-order chi connectivity index (χ1) is 5.37. The Morgan fingerprint density at radius 1 is 1.45 bits per heavy atom. The van der Waals surface area contributed by atoms with Gasteiger partial charge in [-0.3, -0.25) is 0 Å². The van der Waals surface area contributed by atoms with Crippen LogP contribution in [0.3, 0.4) is 0 Å². The van der Waals surface area contributed by atoms with Gasteiger partial charge in [0.25, 0.3) is 0 Å². The molecule has 2 rings (SSSR count). The zero-order chi connectivity index (χ0) is 7.73. The molecule has 1 heterocycles. The van der Waals surface area contributed by atoms with Gasteiger partial charge in [0.05, 0.1) is 6.61 Å². The van der Waals surface area contributed by atoms with Crippen LogP contribution in [0.4, 0.5) is 0 Å². The largest absolute Gasteiger partial charge is 0.396 e. The lowest BCUT2D eigenvalue weighted by Crippen LogP contribution is -2.41. The van der Waals surface area contributed by atoms with Crippen molar-refractivity contribution in [1.29, 1.82) is 0 Å². The van der Waals surface area contributed by atoms with Gasteiger partial charge in [-0.1, -0.05) is 6.42 Å². The molecule has 2 nitrogen and oxygen atoms in total. The van der Waals surface area contributed by atoms with E-state index in [0.717, 1.165) is 13.2 Å². The lowest BCUT2D eigenvalue weighted by Gasteiger charge is -2.44. The van der Waals surface area contributed by atoms with Gasteiger partial charge in [0, 0.05) is 13.2 Å². The SMILES string of the molecule is OCC1(C2CCOC2)CCC1. The second-order valence-corrected chi connectivity index (χ2v) is 3.93. The maximum atomic E-state index is 9.24. The summed E-state index contributed by atoms with van der Waals surface area (Å²) in [5.41, 5.74) is 0.274. The molecule has 1 aliphatic carbocycles. The molecular weight excluding hydrogens is 140 g/mol. The summed E-state index contributed by atoms with van der Waals surface area (Å²) in [4.78, 5) is 0. The maximum absolute atomic E-state index is 9.24. The Hall–Kier alpha value is -0.0800. The smallest absolute Gasteiger partial charge is 0.0501 e. The van der Waals surface area contributed by atoms with Crippen LogP contribution in [-0.4, -0.2) is 24.9 Å². The predicted octanol–water partition coefficient (Wildman–Crippen LogP) is 1.19. The highest BCUT2D eigenvalue weighted by atomic mass is 16.5. The van der Waals surface area contributed by atoms with Gasteiger partial charge in [0.1, 0.15) is 0 Å². The maximum Gasteiger partial charge on any atom is 0.0501 e. The standard InChI is InChI=1S/C9H16O2/c10-7-9(3-1-4-9)8-2-5-11-6-8/h8,10H,1-7H2. The molecule has 0 radical (unpaired) electrons. The number of rotatable bonds is 2. The van der Waals surface area contributed by atoms with Crippen molar-refractivity contribution in [3.8, 4) is 0 Å². The first kappa shape index (κ1) is 7.56. The summed E-state index contributed by atoms with van der Waals surface area (Å²) in [6.07, 6.45) is 4.91. The quantitative estimate of drug-likeness (QED) is 0.650. The van der Waals surface area contributed by atoms with Gasteiger partial charge >= 0.3 is 0 Å². The molecule has 2 aliphatic rings. The van der Waals surface area contributed by atoms with E-state index in [1.165, 1.54) is 25.7 Å². The molecule has 1 atom stereocenters. The van der Waals surface area contributed by atoms with Crippen LogP contribution in [0.1, 0.15) is 25.7 Å². The molecule has 64 valence electrons. The summed E-state index contributed by atoms with van der Waals surface area (Å²) in [6.45, 7) is 2.17. The molecule has 0 aromatic heterocycles. The monoisotopic (exact) mass is 156 g/mol. The summed E-state index contributed by atoms with van der Waals surface area (Å²) in [5.74, 6) is 0.654. The van der Waals surface area contributed by atoms with Gasteiger partial charge in [0.15, 0.2) is 0 Å². The molecule has 1 saturated heterocycles. The minimum Gasteiger partial charge on any atom is -0.396 e. The van der Waals surface area contributed by atoms with Gasteiger partial charge in [0.2, 0.25) is 0 Å². The Kier molecular flexibility index (Phi) is 1.90. The zero-order valence-corrected chi connectivity index (χ0v) is 6.88. The highest BCUT2D eigenvalue weighted by Gasteiger charge is 2.44. The molecule has 2 fully saturated rings. The minimum absolute atomic E-state index is 0.274. The number of ether oxygens (including phenoxy) is 1. The highest BCUT2D eigenvalue weighted by Crippen LogP contribution is 2.49. The third-order valence-electron chi connectivity index (χ3n) is 3.46. The van der Waals surface area contributed by atoms with Crippen LogP contribution < -0.4 is 0 Å².